The van der Waals surface area contributed by atoms with Gasteiger partial charge in [-0.3, -0.25) is 0 Å². The number of benzene rings is 2. The fourth-order valence-corrected chi connectivity index (χ4v) is 4.63. The molecule has 0 N–H and O–H groups in total. The molecule has 43 heavy (non-hydrogen) atoms. The summed E-state index contributed by atoms with van der Waals surface area (Å²) in [6.45, 7) is 6.41. The highest BCUT2D eigenvalue weighted by molar-refractivity contribution is 7.85. The second-order valence-corrected chi connectivity index (χ2v) is 11.7. The van der Waals surface area contributed by atoms with Gasteiger partial charge in [0.2, 0.25) is 11.1 Å². The highest BCUT2D eigenvalue weighted by Gasteiger charge is 2.20. The zero-order valence-corrected chi connectivity index (χ0v) is 27.5. The Morgan fingerprint density at radius 1 is 0.907 bits per heavy atom. The lowest BCUT2D eigenvalue weighted by atomic mass is 10.1. The number of nitriles is 1. The molecule has 6 nitrogen and oxygen atoms in total. The van der Waals surface area contributed by atoms with Crippen LogP contribution in [-0.2, 0) is 20.6 Å². The van der Waals surface area contributed by atoms with Crippen LogP contribution in [0.4, 0.5) is 0 Å². The molecule has 0 bridgehead atoms. The van der Waals surface area contributed by atoms with E-state index in [9.17, 15) is 9.00 Å². The summed E-state index contributed by atoms with van der Waals surface area (Å²) in [5, 5.41) is 8.53. The van der Waals surface area contributed by atoms with E-state index in [-0.39, 0.29) is 4.91 Å². The highest BCUT2D eigenvalue weighted by Crippen LogP contribution is 2.16. The average molecular weight is 607 g/mol. The van der Waals surface area contributed by atoms with Gasteiger partial charge in [-0.1, -0.05) is 113 Å². The number of carbonyl (C=O) groups excluding carboxylic acids is 1. The summed E-state index contributed by atoms with van der Waals surface area (Å²) >= 11 is -1.95. The number of hydrogen-bond acceptors (Lipinski definition) is 6. The Balaban J connectivity index is 0.000000639. The Morgan fingerprint density at radius 2 is 1.49 bits per heavy atom. The van der Waals surface area contributed by atoms with Crippen LogP contribution in [0.3, 0.4) is 0 Å². The Bertz CT molecular complexity index is 1200. The van der Waals surface area contributed by atoms with Crippen LogP contribution in [0.1, 0.15) is 89.2 Å². The number of ether oxygens (including phenoxy) is 1. The van der Waals surface area contributed by atoms with Crippen LogP contribution in [0.25, 0.3) is 6.08 Å². The first kappa shape index (κ1) is 37.4. The van der Waals surface area contributed by atoms with Gasteiger partial charge in [-0.2, -0.15) is 5.26 Å². The average Bonchev–Trinajstić information content (AvgIpc) is 2.99. The quantitative estimate of drug-likeness (QED) is 0.0554. The first-order valence-electron chi connectivity index (χ1n) is 15.3. The second kappa shape index (κ2) is 23.9. The predicted octanol–water partition coefficient (Wildman–Crippen LogP) is 9.07. The molecular formula is C36H50N2O4S. The molecule has 0 aliphatic rings. The van der Waals surface area contributed by atoms with Crippen molar-refractivity contribution in [3.63, 3.8) is 0 Å². The largest absolute Gasteiger partial charge is 0.462 e. The lowest BCUT2D eigenvalue weighted by molar-refractivity contribution is -0.138. The fourth-order valence-electron chi connectivity index (χ4n) is 3.87. The van der Waals surface area contributed by atoms with Gasteiger partial charge in [-0.15, -0.1) is 0 Å². The second-order valence-electron chi connectivity index (χ2n) is 10.6. The molecule has 7 heteroatoms. The third-order valence-electron chi connectivity index (χ3n) is 6.30. The third kappa shape index (κ3) is 19.2. The minimum absolute atomic E-state index is 0.00553. The van der Waals surface area contributed by atoms with Crippen molar-refractivity contribution >= 4 is 23.1 Å². The number of hydrogen-bond donors (Lipinski definition) is 0. The van der Waals surface area contributed by atoms with Crippen molar-refractivity contribution in [1.82, 2.24) is 4.90 Å². The molecule has 2 aromatic carbocycles. The number of aryl methyl sites for hydroxylation is 1. The number of para-hydroxylation sites is 1. The van der Waals surface area contributed by atoms with Gasteiger partial charge in [0.05, 0.1) is 12.7 Å². The number of carbonyl (C=O) groups is 1. The fraction of sp³-hybridized carbons (Fsp3) is 0.444. The smallest absolute Gasteiger partial charge is 0.350 e. The van der Waals surface area contributed by atoms with Crippen LogP contribution in [0, 0.1) is 18.3 Å². The van der Waals surface area contributed by atoms with E-state index >= 15 is 0 Å². The topological polar surface area (TPSA) is 79.6 Å². The Kier molecular flexibility index (Phi) is 20.8. The van der Waals surface area contributed by atoms with Crippen molar-refractivity contribution in [3.8, 4) is 11.8 Å². The molecule has 2 rings (SSSR count). The lowest BCUT2D eigenvalue weighted by Gasteiger charge is -2.09. The number of nitrogens with zero attached hydrogens (tertiary/aromatic N) is 2. The number of unbranched alkanes of at least 4 members (excludes halogenated alkanes) is 9. The molecule has 0 aliphatic carbocycles. The van der Waals surface area contributed by atoms with Crippen molar-refractivity contribution in [3.05, 3.63) is 94.6 Å². The van der Waals surface area contributed by atoms with Crippen LogP contribution >= 0.6 is 0 Å². The minimum atomic E-state index is -1.95. The van der Waals surface area contributed by atoms with Crippen molar-refractivity contribution in [1.29, 1.82) is 5.26 Å². The molecule has 0 fully saturated rings. The molecule has 2 aromatic rings. The van der Waals surface area contributed by atoms with E-state index in [1.807, 2.05) is 62.3 Å². The van der Waals surface area contributed by atoms with Gasteiger partial charge in [0, 0.05) is 19.7 Å². The molecule has 0 saturated carbocycles. The van der Waals surface area contributed by atoms with Gasteiger partial charge in [0.25, 0.3) is 0 Å². The monoisotopic (exact) mass is 606 g/mol. The molecule has 234 valence electrons. The molecule has 0 aromatic heterocycles. The normalized spacial score (nSPS) is 12.2. The minimum Gasteiger partial charge on any atom is -0.462 e. The van der Waals surface area contributed by atoms with Crippen molar-refractivity contribution in [2.75, 3.05) is 20.7 Å². The molecule has 0 saturated heterocycles. The van der Waals surface area contributed by atoms with Gasteiger partial charge in [0.15, 0.2) is 4.91 Å². The van der Waals surface area contributed by atoms with Gasteiger partial charge < -0.3 is 13.8 Å². The Hall–Kier alpha value is -3.63. The van der Waals surface area contributed by atoms with E-state index in [4.69, 9.17) is 14.2 Å². The Labute approximate surface area is 262 Å². The van der Waals surface area contributed by atoms with Gasteiger partial charge in [-0.25, -0.2) is 9.00 Å². The standard InChI is InChI=1S/C25H39NO4S.C11H11N/c1-4-5-6-7-8-9-10-11-12-16-22-29-25(27)24(20-17-21-26(2)3)31(28)30-23-18-14-13-15-19-23;1-9-3-5-11(6-4-9)7-10(2)8-12/h13-15,17-21H,4-12,16,22H2,1-3H3;3-7H,1-2H3/b21-17+,24-20-;10-7-. The molecule has 0 heterocycles. The van der Waals surface area contributed by atoms with E-state index in [1.165, 1.54) is 56.6 Å². The maximum Gasteiger partial charge on any atom is 0.350 e. The maximum absolute atomic E-state index is 12.6. The number of rotatable bonds is 18. The molecule has 0 radical (unpaired) electrons. The van der Waals surface area contributed by atoms with Gasteiger partial charge >= 0.3 is 5.97 Å². The zero-order chi connectivity index (χ0) is 31.7. The Morgan fingerprint density at radius 3 is 2.05 bits per heavy atom. The maximum atomic E-state index is 12.6. The van der Waals surface area contributed by atoms with Gasteiger partial charge in [-0.05, 0) is 62.4 Å². The predicted molar refractivity (Wildman–Crippen MR) is 179 cm³/mol. The molecule has 0 aliphatic heterocycles. The summed E-state index contributed by atoms with van der Waals surface area (Å²) in [5.74, 6) is -0.167. The van der Waals surface area contributed by atoms with Crippen molar-refractivity contribution < 1.29 is 17.9 Å². The summed E-state index contributed by atoms with van der Waals surface area (Å²) < 4.78 is 23.4. The zero-order valence-electron chi connectivity index (χ0n) is 26.7. The van der Waals surface area contributed by atoms with Gasteiger partial charge in [0.1, 0.15) is 5.75 Å². The van der Waals surface area contributed by atoms with E-state index in [1.54, 1.807) is 43.5 Å². The van der Waals surface area contributed by atoms with E-state index in [0.29, 0.717) is 12.4 Å². The first-order chi connectivity index (χ1) is 20.8. The van der Waals surface area contributed by atoms with E-state index in [0.717, 1.165) is 30.4 Å². The molecule has 0 spiro atoms. The summed E-state index contributed by atoms with van der Waals surface area (Å²) in [7, 11) is 3.73. The third-order valence-corrected chi connectivity index (χ3v) is 7.30. The van der Waals surface area contributed by atoms with E-state index < -0.39 is 17.0 Å². The molecule has 1 atom stereocenters. The molecular weight excluding hydrogens is 556 g/mol. The lowest BCUT2D eigenvalue weighted by Crippen LogP contribution is -2.16. The van der Waals surface area contributed by atoms with Crippen LogP contribution in [0.15, 0.2) is 83.4 Å². The van der Waals surface area contributed by atoms with Crippen molar-refractivity contribution in [2.24, 2.45) is 0 Å². The van der Waals surface area contributed by atoms with Crippen LogP contribution in [-0.4, -0.2) is 35.8 Å². The summed E-state index contributed by atoms with van der Waals surface area (Å²) in [5.41, 5.74) is 3.06. The first-order valence-corrected chi connectivity index (χ1v) is 16.4. The summed E-state index contributed by atoms with van der Waals surface area (Å²) in [4.78, 5) is 14.3. The SMILES string of the molecule is C/C(C#N)=C/c1ccc(C)cc1.CCCCCCCCCCCCOC(=O)/C(=C/C=C/N(C)C)S(=O)Oc1ccccc1. The number of esters is 1. The highest BCUT2D eigenvalue weighted by atomic mass is 32.2. The van der Waals surface area contributed by atoms with Crippen LogP contribution in [0.5, 0.6) is 5.75 Å². The summed E-state index contributed by atoms with van der Waals surface area (Å²) in [6.07, 6.45) is 18.9. The van der Waals surface area contributed by atoms with Crippen LogP contribution < -0.4 is 4.18 Å². The van der Waals surface area contributed by atoms with Crippen molar-refractivity contribution in [2.45, 2.75) is 85.0 Å². The molecule has 0 amide bonds. The molecule has 1 unspecified atom stereocenters. The van der Waals surface area contributed by atoms with E-state index in [2.05, 4.69) is 13.0 Å². The summed E-state index contributed by atoms with van der Waals surface area (Å²) in [6, 6.07) is 19.0. The van der Waals surface area contributed by atoms with Crippen LogP contribution in [0.2, 0.25) is 0 Å². The number of allylic oxidation sites excluding steroid dienone is 3.